The Bertz CT molecular complexity index is 1070. The first-order valence-electron chi connectivity index (χ1n) is 9.87. The largest absolute Gasteiger partial charge is 0.494 e. The second-order valence-corrected chi connectivity index (χ2v) is 10.0. The van der Waals surface area contributed by atoms with E-state index in [1.807, 2.05) is 19.1 Å². The Labute approximate surface area is 185 Å². The molecule has 8 nitrogen and oxygen atoms in total. The van der Waals surface area contributed by atoms with Crippen molar-refractivity contribution in [2.24, 2.45) is 0 Å². The summed E-state index contributed by atoms with van der Waals surface area (Å²) in [5.41, 5.74) is 0.496. The number of benzene rings is 2. The van der Waals surface area contributed by atoms with Crippen LogP contribution in [0.4, 0.5) is 5.69 Å². The minimum absolute atomic E-state index is 0.00604. The summed E-state index contributed by atoms with van der Waals surface area (Å²) in [6, 6.07) is 10.3. The van der Waals surface area contributed by atoms with Gasteiger partial charge in [0.05, 0.1) is 33.6 Å². The first kappa shape index (κ1) is 23.0. The minimum Gasteiger partial charge on any atom is -0.494 e. The normalized spacial score (nSPS) is 17.3. The predicted octanol–water partition coefficient (Wildman–Crippen LogP) is 3.87. The fourth-order valence-electron chi connectivity index (χ4n) is 3.44. The van der Waals surface area contributed by atoms with Gasteiger partial charge in [-0.15, -0.1) is 0 Å². The van der Waals surface area contributed by atoms with Crippen LogP contribution in [-0.4, -0.2) is 48.3 Å². The van der Waals surface area contributed by atoms with Crippen molar-refractivity contribution < 1.29 is 22.9 Å². The first-order chi connectivity index (χ1) is 14.7. The number of nitro benzene ring substituents is 1. The molecule has 1 fully saturated rings. The zero-order chi connectivity index (χ0) is 22.6. The monoisotopic (exact) mass is 466 g/mol. The van der Waals surface area contributed by atoms with Gasteiger partial charge in [0.2, 0.25) is 0 Å². The molecule has 0 spiro atoms. The number of carbonyl (C=O) groups excluding carboxylic acids is 1. The Morgan fingerprint density at radius 1 is 1.26 bits per heavy atom. The van der Waals surface area contributed by atoms with Crippen LogP contribution < -0.4 is 4.74 Å². The fraction of sp³-hybridized carbons (Fsp3) is 0.381. The Kier molecular flexibility index (Phi) is 7.17. The lowest BCUT2D eigenvalue weighted by molar-refractivity contribution is -0.384. The van der Waals surface area contributed by atoms with Crippen molar-refractivity contribution >= 4 is 33.0 Å². The number of ether oxygens (including phenoxy) is 1. The van der Waals surface area contributed by atoms with Gasteiger partial charge >= 0.3 is 0 Å². The fourth-order valence-corrected chi connectivity index (χ4v) is 5.37. The first-order valence-corrected chi connectivity index (χ1v) is 12.1. The molecule has 1 aliphatic rings. The van der Waals surface area contributed by atoms with Gasteiger partial charge in [-0.2, -0.15) is 0 Å². The molecule has 3 rings (SSSR count). The van der Waals surface area contributed by atoms with Crippen LogP contribution in [0.5, 0.6) is 5.75 Å². The lowest BCUT2D eigenvalue weighted by Crippen LogP contribution is -2.40. The molecule has 1 heterocycles. The van der Waals surface area contributed by atoms with E-state index in [0.29, 0.717) is 18.8 Å². The third-order valence-electron chi connectivity index (χ3n) is 5.05. The molecule has 0 N–H and O–H groups in total. The molecule has 10 heteroatoms. The van der Waals surface area contributed by atoms with Crippen LogP contribution in [0, 0.1) is 10.1 Å². The highest BCUT2D eigenvalue weighted by Gasteiger charge is 2.36. The van der Waals surface area contributed by atoms with Gasteiger partial charge in [-0.1, -0.05) is 30.7 Å². The van der Waals surface area contributed by atoms with E-state index < -0.39 is 26.7 Å². The summed E-state index contributed by atoms with van der Waals surface area (Å²) in [5, 5.41) is 11.2. The Balaban J connectivity index is 1.91. The van der Waals surface area contributed by atoms with E-state index in [0.717, 1.165) is 18.1 Å². The summed E-state index contributed by atoms with van der Waals surface area (Å²) in [6.45, 7) is 2.74. The summed E-state index contributed by atoms with van der Waals surface area (Å²) in [7, 11) is -3.25. The molecule has 0 bridgehead atoms. The van der Waals surface area contributed by atoms with Gasteiger partial charge in [0.25, 0.3) is 11.6 Å². The molecule has 2 aromatic rings. The predicted molar refractivity (Wildman–Crippen MR) is 117 cm³/mol. The Hall–Kier alpha value is -2.65. The average Bonchev–Trinajstić information content (AvgIpc) is 3.10. The molecule has 166 valence electrons. The van der Waals surface area contributed by atoms with Gasteiger partial charge in [-0.25, -0.2) is 8.42 Å². The lowest BCUT2D eigenvalue weighted by Gasteiger charge is -2.29. The van der Waals surface area contributed by atoms with E-state index in [9.17, 15) is 23.3 Å². The number of amides is 1. The van der Waals surface area contributed by atoms with Crippen molar-refractivity contribution in [1.82, 2.24) is 4.90 Å². The van der Waals surface area contributed by atoms with Crippen LogP contribution in [0.25, 0.3) is 0 Å². The smallest absolute Gasteiger partial charge is 0.270 e. The molecule has 1 amide bonds. The highest BCUT2D eigenvalue weighted by molar-refractivity contribution is 7.91. The highest BCUT2D eigenvalue weighted by atomic mass is 35.5. The van der Waals surface area contributed by atoms with Gasteiger partial charge in [0.1, 0.15) is 5.75 Å². The minimum atomic E-state index is -3.25. The second kappa shape index (κ2) is 9.65. The van der Waals surface area contributed by atoms with E-state index in [-0.39, 0.29) is 34.3 Å². The third-order valence-corrected chi connectivity index (χ3v) is 7.13. The molecule has 1 atom stereocenters. The van der Waals surface area contributed by atoms with E-state index >= 15 is 0 Å². The molecular formula is C21H23ClN2O6S. The molecule has 1 aliphatic heterocycles. The zero-order valence-electron chi connectivity index (χ0n) is 17.0. The number of hydrogen-bond donors (Lipinski definition) is 0. The molecule has 0 radical (unpaired) electrons. The standard InChI is InChI=1S/C21H23ClN2O6S/c1-2-10-30-18-6-3-15(4-7-18)13-23(17-9-11-31(28,29)14-17)21(25)19-12-16(24(26)27)5-8-20(19)22/h3-8,12,17H,2,9-11,13-14H2,1H3. The van der Waals surface area contributed by atoms with Gasteiger partial charge in [0, 0.05) is 24.7 Å². The number of non-ortho nitro benzene ring substituents is 1. The quantitative estimate of drug-likeness (QED) is 0.431. The number of nitrogens with zero attached hydrogens (tertiary/aromatic N) is 2. The summed E-state index contributed by atoms with van der Waals surface area (Å²) >= 11 is 6.17. The molecule has 0 saturated carbocycles. The molecular weight excluding hydrogens is 444 g/mol. The summed E-state index contributed by atoms with van der Waals surface area (Å²) in [4.78, 5) is 25.3. The van der Waals surface area contributed by atoms with E-state index in [1.54, 1.807) is 12.1 Å². The number of halogens is 1. The number of nitro groups is 1. The van der Waals surface area contributed by atoms with Crippen LogP contribution in [0.3, 0.4) is 0 Å². The third kappa shape index (κ3) is 5.74. The molecule has 2 aromatic carbocycles. The maximum Gasteiger partial charge on any atom is 0.270 e. The number of rotatable bonds is 8. The van der Waals surface area contributed by atoms with Gasteiger partial charge in [-0.3, -0.25) is 14.9 Å². The summed E-state index contributed by atoms with van der Waals surface area (Å²) < 4.78 is 29.7. The zero-order valence-corrected chi connectivity index (χ0v) is 18.6. The number of sulfone groups is 1. The second-order valence-electron chi connectivity index (χ2n) is 7.40. The topological polar surface area (TPSA) is 107 Å². The van der Waals surface area contributed by atoms with Crippen LogP contribution in [-0.2, 0) is 16.4 Å². The van der Waals surface area contributed by atoms with Crippen LogP contribution in [0.1, 0.15) is 35.7 Å². The molecule has 0 aromatic heterocycles. The van der Waals surface area contributed by atoms with Crippen molar-refractivity contribution in [2.45, 2.75) is 32.4 Å². The summed E-state index contributed by atoms with van der Waals surface area (Å²) in [5.74, 6) is 0.00688. The molecule has 1 unspecified atom stereocenters. The lowest BCUT2D eigenvalue weighted by atomic mass is 10.1. The number of carbonyl (C=O) groups is 1. The van der Waals surface area contributed by atoms with Crippen LogP contribution in [0.15, 0.2) is 42.5 Å². The average molecular weight is 467 g/mol. The maximum absolute atomic E-state index is 13.4. The van der Waals surface area contributed by atoms with Gasteiger partial charge in [-0.05, 0) is 36.6 Å². The van der Waals surface area contributed by atoms with E-state index in [4.69, 9.17) is 16.3 Å². The van der Waals surface area contributed by atoms with Gasteiger partial charge < -0.3 is 9.64 Å². The van der Waals surface area contributed by atoms with Crippen molar-refractivity contribution in [3.8, 4) is 5.75 Å². The van der Waals surface area contributed by atoms with Crippen molar-refractivity contribution in [1.29, 1.82) is 0 Å². The Morgan fingerprint density at radius 3 is 2.55 bits per heavy atom. The van der Waals surface area contributed by atoms with Crippen LogP contribution in [0.2, 0.25) is 5.02 Å². The van der Waals surface area contributed by atoms with E-state index in [1.165, 1.54) is 17.0 Å². The highest BCUT2D eigenvalue weighted by Crippen LogP contribution is 2.28. The van der Waals surface area contributed by atoms with Crippen molar-refractivity contribution in [3.63, 3.8) is 0 Å². The SMILES string of the molecule is CCCOc1ccc(CN(C(=O)c2cc([N+](=O)[O-])ccc2Cl)C2CCS(=O)(=O)C2)cc1. The molecule has 0 aliphatic carbocycles. The molecule has 1 saturated heterocycles. The van der Waals surface area contributed by atoms with E-state index in [2.05, 4.69) is 0 Å². The Morgan fingerprint density at radius 2 is 1.97 bits per heavy atom. The van der Waals surface area contributed by atoms with Gasteiger partial charge in [0.15, 0.2) is 9.84 Å². The summed E-state index contributed by atoms with van der Waals surface area (Å²) in [6.07, 6.45) is 1.18. The van der Waals surface area contributed by atoms with Crippen LogP contribution >= 0.6 is 11.6 Å². The maximum atomic E-state index is 13.4. The van der Waals surface area contributed by atoms with Crippen molar-refractivity contribution in [3.05, 3.63) is 68.7 Å². The number of hydrogen-bond acceptors (Lipinski definition) is 6. The van der Waals surface area contributed by atoms with Crippen molar-refractivity contribution in [2.75, 3.05) is 18.1 Å². The molecule has 31 heavy (non-hydrogen) atoms.